The van der Waals surface area contributed by atoms with E-state index in [1.807, 2.05) is 0 Å². The molecule has 15 heavy (non-hydrogen) atoms. The number of unbranched alkanes of at least 4 members (excludes halogenated alkanes) is 2. The third-order valence-corrected chi connectivity index (χ3v) is 4.21. The minimum atomic E-state index is 0.367. The van der Waals surface area contributed by atoms with E-state index in [0.29, 0.717) is 6.61 Å². The van der Waals surface area contributed by atoms with Gasteiger partial charge in [-0.2, -0.15) is 0 Å². The molecule has 1 heterocycles. The molecule has 1 saturated heterocycles. The molecule has 1 aliphatic heterocycles. The maximum absolute atomic E-state index is 8.74. The molecule has 2 rings (SSSR count). The van der Waals surface area contributed by atoms with E-state index in [1.165, 1.54) is 58.0 Å². The Morgan fingerprint density at radius 1 is 1.00 bits per heavy atom. The van der Waals surface area contributed by atoms with Crippen molar-refractivity contribution in [3.8, 4) is 0 Å². The molecule has 2 fully saturated rings. The van der Waals surface area contributed by atoms with Gasteiger partial charge in [-0.05, 0) is 64.0 Å². The Morgan fingerprint density at radius 3 is 2.73 bits per heavy atom. The Hall–Kier alpha value is -0.0800. The first kappa shape index (κ1) is 11.4. The second-order valence-electron chi connectivity index (χ2n) is 5.22. The highest BCUT2D eigenvalue weighted by molar-refractivity contribution is 4.88. The van der Waals surface area contributed by atoms with Gasteiger partial charge in [0.05, 0.1) is 0 Å². The van der Waals surface area contributed by atoms with Crippen LogP contribution in [0.2, 0.25) is 0 Å². The largest absolute Gasteiger partial charge is 0.396 e. The van der Waals surface area contributed by atoms with E-state index < -0.39 is 0 Å². The Morgan fingerprint density at radius 2 is 1.87 bits per heavy atom. The number of piperidine rings is 1. The second kappa shape index (κ2) is 5.86. The summed E-state index contributed by atoms with van der Waals surface area (Å²) in [6, 6.07) is 0.924. The molecule has 0 aromatic rings. The molecule has 2 heteroatoms. The summed E-state index contributed by atoms with van der Waals surface area (Å²) in [7, 11) is 0. The molecule has 0 spiro atoms. The van der Waals surface area contributed by atoms with Crippen molar-refractivity contribution in [3.63, 3.8) is 0 Å². The van der Waals surface area contributed by atoms with Crippen molar-refractivity contribution >= 4 is 0 Å². The van der Waals surface area contributed by atoms with Crippen LogP contribution in [0.15, 0.2) is 0 Å². The number of hydrogen-bond donors (Lipinski definition) is 1. The predicted octanol–water partition coefficient (Wildman–Crippen LogP) is 2.41. The van der Waals surface area contributed by atoms with Crippen LogP contribution in [0, 0.1) is 5.92 Å². The van der Waals surface area contributed by atoms with E-state index in [-0.39, 0.29) is 0 Å². The molecule has 1 aliphatic carbocycles. The van der Waals surface area contributed by atoms with Gasteiger partial charge in [-0.3, -0.25) is 0 Å². The van der Waals surface area contributed by atoms with E-state index in [2.05, 4.69) is 4.90 Å². The van der Waals surface area contributed by atoms with Crippen molar-refractivity contribution in [3.05, 3.63) is 0 Å². The summed E-state index contributed by atoms with van der Waals surface area (Å²) in [6.45, 7) is 2.98. The fourth-order valence-electron chi connectivity index (χ4n) is 3.44. The Kier molecular flexibility index (Phi) is 4.45. The van der Waals surface area contributed by atoms with E-state index in [0.717, 1.165) is 18.4 Å². The standard InChI is InChI=1S/C13H25NO/c15-11-3-1-2-9-14-10-5-7-12-6-4-8-13(12)14/h12-13,15H,1-11H2. The molecule has 2 unspecified atom stereocenters. The van der Waals surface area contributed by atoms with Crippen molar-refractivity contribution in [1.82, 2.24) is 4.90 Å². The minimum Gasteiger partial charge on any atom is -0.396 e. The van der Waals surface area contributed by atoms with Crippen LogP contribution in [0.3, 0.4) is 0 Å². The number of aliphatic hydroxyl groups is 1. The smallest absolute Gasteiger partial charge is 0.0431 e. The first-order chi connectivity index (χ1) is 7.42. The van der Waals surface area contributed by atoms with Crippen LogP contribution < -0.4 is 0 Å². The summed E-state index contributed by atoms with van der Waals surface area (Å²) >= 11 is 0. The lowest BCUT2D eigenvalue weighted by Crippen LogP contribution is -2.42. The zero-order valence-electron chi connectivity index (χ0n) is 9.83. The molecule has 1 N–H and O–H groups in total. The van der Waals surface area contributed by atoms with Gasteiger partial charge in [-0.1, -0.05) is 6.42 Å². The molecule has 2 aliphatic rings. The predicted molar refractivity (Wildman–Crippen MR) is 62.9 cm³/mol. The molecule has 0 bridgehead atoms. The topological polar surface area (TPSA) is 23.5 Å². The van der Waals surface area contributed by atoms with Gasteiger partial charge in [-0.25, -0.2) is 0 Å². The zero-order valence-corrected chi connectivity index (χ0v) is 9.83. The van der Waals surface area contributed by atoms with Crippen LogP contribution in [0.4, 0.5) is 0 Å². The van der Waals surface area contributed by atoms with Gasteiger partial charge in [0.25, 0.3) is 0 Å². The molecule has 2 nitrogen and oxygen atoms in total. The molecular weight excluding hydrogens is 186 g/mol. The van der Waals surface area contributed by atoms with Crippen LogP contribution in [0.5, 0.6) is 0 Å². The molecule has 2 atom stereocenters. The number of nitrogens with zero attached hydrogens (tertiary/aromatic N) is 1. The summed E-state index contributed by atoms with van der Waals surface area (Å²) in [4.78, 5) is 2.73. The lowest BCUT2D eigenvalue weighted by Gasteiger charge is -2.37. The van der Waals surface area contributed by atoms with E-state index in [4.69, 9.17) is 5.11 Å². The van der Waals surface area contributed by atoms with Gasteiger partial charge in [0.1, 0.15) is 0 Å². The number of fused-ring (bicyclic) bond motifs is 1. The van der Waals surface area contributed by atoms with E-state index in [9.17, 15) is 0 Å². The average molecular weight is 211 g/mol. The van der Waals surface area contributed by atoms with Crippen molar-refractivity contribution < 1.29 is 5.11 Å². The van der Waals surface area contributed by atoms with Gasteiger partial charge in [-0.15, -0.1) is 0 Å². The zero-order chi connectivity index (χ0) is 10.5. The number of likely N-dealkylation sites (tertiary alicyclic amines) is 1. The molecular formula is C13H25NO. The fourth-order valence-corrected chi connectivity index (χ4v) is 3.44. The van der Waals surface area contributed by atoms with Crippen molar-refractivity contribution in [2.75, 3.05) is 19.7 Å². The first-order valence-corrected chi connectivity index (χ1v) is 6.76. The fraction of sp³-hybridized carbons (Fsp3) is 1.00. The minimum absolute atomic E-state index is 0.367. The molecule has 0 radical (unpaired) electrons. The van der Waals surface area contributed by atoms with Crippen LogP contribution in [0.25, 0.3) is 0 Å². The maximum atomic E-state index is 8.74. The van der Waals surface area contributed by atoms with Gasteiger partial charge in [0.2, 0.25) is 0 Å². The number of aliphatic hydroxyl groups excluding tert-OH is 1. The normalized spacial score (nSPS) is 31.8. The van der Waals surface area contributed by atoms with E-state index in [1.54, 1.807) is 0 Å². The highest BCUT2D eigenvalue weighted by Gasteiger charge is 2.34. The van der Waals surface area contributed by atoms with Gasteiger partial charge >= 0.3 is 0 Å². The summed E-state index contributed by atoms with van der Waals surface area (Å²) in [5, 5.41) is 8.74. The van der Waals surface area contributed by atoms with Crippen LogP contribution in [-0.4, -0.2) is 35.7 Å². The lowest BCUT2D eigenvalue weighted by molar-refractivity contribution is 0.110. The Bertz CT molecular complexity index is 183. The van der Waals surface area contributed by atoms with Crippen molar-refractivity contribution in [2.24, 2.45) is 5.92 Å². The lowest BCUT2D eigenvalue weighted by atomic mass is 9.92. The summed E-state index contributed by atoms with van der Waals surface area (Å²) in [5.74, 6) is 1.02. The Labute approximate surface area is 93.7 Å². The van der Waals surface area contributed by atoms with Gasteiger partial charge in [0, 0.05) is 12.6 Å². The molecule has 0 amide bonds. The summed E-state index contributed by atoms with van der Waals surface area (Å²) < 4.78 is 0. The third-order valence-electron chi connectivity index (χ3n) is 4.21. The Balaban J connectivity index is 1.71. The highest BCUT2D eigenvalue weighted by atomic mass is 16.2. The quantitative estimate of drug-likeness (QED) is 0.706. The van der Waals surface area contributed by atoms with Gasteiger partial charge in [0.15, 0.2) is 0 Å². The van der Waals surface area contributed by atoms with Crippen LogP contribution >= 0.6 is 0 Å². The maximum Gasteiger partial charge on any atom is 0.0431 e. The van der Waals surface area contributed by atoms with Crippen LogP contribution in [-0.2, 0) is 0 Å². The van der Waals surface area contributed by atoms with Gasteiger partial charge < -0.3 is 10.0 Å². The second-order valence-corrected chi connectivity index (χ2v) is 5.22. The van der Waals surface area contributed by atoms with Crippen LogP contribution in [0.1, 0.15) is 51.4 Å². The van der Waals surface area contributed by atoms with Crippen molar-refractivity contribution in [2.45, 2.75) is 57.4 Å². The summed E-state index contributed by atoms with van der Waals surface area (Å²) in [5.41, 5.74) is 0. The first-order valence-electron chi connectivity index (χ1n) is 6.76. The average Bonchev–Trinajstić information content (AvgIpc) is 2.73. The summed E-state index contributed by atoms with van der Waals surface area (Å²) in [6.07, 6.45) is 10.8. The number of hydrogen-bond acceptors (Lipinski definition) is 2. The monoisotopic (exact) mass is 211 g/mol. The molecule has 88 valence electrons. The third kappa shape index (κ3) is 2.94. The van der Waals surface area contributed by atoms with E-state index >= 15 is 0 Å². The molecule has 0 aromatic heterocycles. The molecule has 1 saturated carbocycles. The van der Waals surface area contributed by atoms with Crippen molar-refractivity contribution in [1.29, 1.82) is 0 Å². The highest BCUT2D eigenvalue weighted by Crippen LogP contribution is 2.36. The number of rotatable bonds is 5. The SMILES string of the molecule is OCCCCCN1CCCC2CCCC21. The molecule has 0 aromatic carbocycles.